The van der Waals surface area contributed by atoms with Crippen LogP contribution in [0.3, 0.4) is 0 Å². The molecule has 1 aliphatic heterocycles. The first-order valence-corrected chi connectivity index (χ1v) is 11.1. The standard InChI is InChI=1S/C23H38N4O3/c1-23(2,3)30-22(29)26-12-6-5-11-21(28)25-13-7-9-18-15-19(17-24-16-18)20-10-8-14-27(20)4/h15-17,20H,5-14H2,1-4H3,(H,25,28)(H,26,29). The van der Waals surface area contributed by atoms with Gasteiger partial charge in [-0.3, -0.25) is 14.7 Å². The number of carbonyl (C=O) groups excluding carboxylic acids is 2. The molecular formula is C23H38N4O3. The third kappa shape index (κ3) is 9.11. The van der Waals surface area contributed by atoms with Gasteiger partial charge in [-0.05, 0) is 84.0 Å². The zero-order valence-electron chi connectivity index (χ0n) is 19.0. The van der Waals surface area contributed by atoms with Crippen LogP contribution in [-0.4, -0.2) is 54.2 Å². The van der Waals surface area contributed by atoms with Crippen molar-refractivity contribution in [3.63, 3.8) is 0 Å². The third-order valence-electron chi connectivity index (χ3n) is 5.18. The number of rotatable bonds is 10. The summed E-state index contributed by atoms with van der Waals surface area (Å²) in [5.74, 6) is 0.0618. The molecule has 0 aromatic carbocycles. The van der Waals surface area contributed by atoms with Crippen LogP contribution in [-0.2, 0) is 16.0 Å². The molecule has 1 saturated heterocycles. The van der Waals surface area contributed by atoms with Gasteiger partial charge >= 0.3 is 6.09 Å². The van der Waals surface area contributed by atoms with Crippen molar-refractivity contribution in [2.45, 2.75) is 77.4 Å². The number of hydrogen-bond acceptors (Lipinski definition) is 5. The first-order valence-electron chi connectivity index (χ1n) is 11.1. The van der Waals surface area contributed by atoms with E-state index in [9.17, 15) is 9.59 Å². The molecule has 0 bridgehead atoms. The van der Waals surface area contributed by atoms with E-state index < -0.39 is 11.7 Å². The number of aryl methyl sites for hydroxylation is 1. The average molecular weight is 419 g/mol. The van der Waals surface area contributed by atoms with Crippen molar-refractivity contribution in [1.82, 2.24) is 20.5 Å². The lowest BCUT2D eigenvalue weighted by atomic mass is 10.0. The van der Waals surface area contributed by atoms with Gasteiger partial charge in [-0.25, -0.2) is 4.79 Å². The number of nitrogens with zero attached hydrogens (tertiary/aromatic N) is 2. The van der Waals surface area contributed by atoms with Crippen molar-refractivity contribution >= 4 is 12.0 Å². The number of likely N-dealkylation sites (tertiary alicyclic amines) is 1. The minimum atomic E-state index is -0.492. The second kappa shape index (κ2) is 11.9. The molecule has 7 nitrogen and oxygen atoms in total. The molecule has 0 spiro atoms. The van der Waals surface area contributed by atoms with E-state index in [1.54, 1.807) is 0 Å². The lowest BCUT2D eigenvalue weighted by molar-refractivity contribution is -0.121. The van der Waals surface area contributed by atoms with Gasteiger partial charge in [0.2, 0.25) is 5.91 Å². The van der Waals surface area contributed by atoms with E-state index in [-0.39, 0.29) is 5.91 Å². The molecule has 168 valence electrons. The molecule has 0 saturated carbocycles. The number of hydrogen-bond donors (Lipinski definition) is 2. The summed E-state index contributed by atoms with van der Waals surface area (Å²) in [5.41, 5.74) is 2.04. The summed E-state index contributed by atoms with van der Waals surface area (Å²) in [7, 11) is 2.17. The number of nitrogens with one attached hydrogen (secondary N) is 2. The van der Waals surface area contributed by atoms with Crippen LogP contribution in [0.4, 0.5) is 4.79 Å². The monoisotopic (exact) mass is 418 g/mol. The van der Waals surface area contributed by atoms with Crippen LogP contribution in [0.15, 0.2) is 18.5 Å². The predicted octanol–water partition coefficient (Wildman–Crippen LogP) is 3.59. The lowest BCUT2D eigenvalue weighted by Gasteiger charge is -2.19. The second-order valence-electron chi connectivity index (χ2n) is 9.10. The van der Waals surface area contributed by atoms with E-state index in [4.69, 9.17) is 4.74 Å². The van der Waals surface area contributed by atoms with Gasteiger partial charge < -0.3 is 15.4 Å². The van der Waals surface area contributed by atoms with Gasteiger partial charge in [-0.1, -0.05) is 6.07 Å². The summed E-state index contributed by atoms with van der Waals surface area (Å²) in [5, 5.41) is 5.69. The Labute approximate surface area is 181 Å². The first-order chi connectivity index (χ1) is 14.2. The molecule has 2 N–H and O–H groups in total. The van der Waals surface area contributed by atoms with Crippen LogP contribution < -0.4 is 10.6 Å². The Kier molecular flexibility index (Phi) is 9.56. The molecule has 2 amide bonds. The van der Waals surface area contributed by atoms with E-state index in [0.717, 1.165) is 32.2 Å². The van der Waals surface area contributed by atoms with Crippen molar-refractivity contribution in [3.8, 4) is 0 Å². The highest BCUT2D eigenvalue weighted by atomic mass is 16.6. The van der Waals surface area contributed by atoms with E-state index in [0.29, 0.717) is 25.6 Å². The first kappa shape index (κ1) is 24.1. The van der Waals surface area contributed by atoms with Gasteiger partial charge in [-0.15, -0.1) is 0 Å². The Bertz CT molecular complexity index is 687. The summed E-state index contributed by atoms with van der Waals surface area (Å²) in [6.07, 6.45) is 9.72. The summed E-state index contributed by atoms with van der Waals surface area (Å²) < 4.78 is 5.17. The van der Waals surface area contributed by atoms with Gasteiger partial charge in [0.1, 0.15) is 5.60 Å². The summed E-state index contributed by atoms with van der Waals surface area (Å²) in [6, 6.07) is 2.75. The molecule has 2 heterocycles. The summed E-state index contributed by atoms with van der Waals surface area (Å²) in [6.45, 7) is 7.83. The number of carbonyl (C=O) groups is 2. The third-order valence-corrected chi connectivity index (χ3v) is 5.18. The summed E-state index contributed by atoms with van der Waals surface area (Å²) in [4.78, 5) is 30.3. The molecule has 1 aromatic heterocycles. The topological polar surface area (TPSA) is 83.6 Å². The van der Waals surface area contributed by atoms with Crippen LogP contribution >= 0.6 is 0 Å². The highest BCUT2D eigenvalue weighted by molar-refractivity contribution is 5.75. The van der Waals surface area contributed by atoms with Gasteiger partial charge in [0.15, 0.2) is 0 Å². The minimum absolute atomic E-state index is 0.0618. The Balaban J connectivity index is 1.55. The molecule has 0 aliphatic carbocycles. The maximum Gasteiger partial charge on any atom is 0.407 e. The number of pyridine rings is 1. The van der Waals surface area contributed by atoms with Crippen LogP contribution in [0.2, 0.25) is 0 Å². The van der Waals surface area contributed by atoms with Crippen LogP contribution in [0, 0.1) is 0 Å². The van der Waals surface area contributed by atoms with Crippen LogP contribution in [0.5, 0.6) is 0 Å². The van der Waals surface area contributed by atoms with Gasteiger partial charge in [0.25, 0.3) is 0 Å². The zero-order valence-corrected chi connectivity index (χ0v) is 19.0. The molecule has 30 heavy (non-hydrogen) atoms. The maximum absolute atomic E-state index is 12.0. The molecule has 1 atom stereocenters. The van der Waals surface area contributed by atoms with E-state index in [2.05, 4.69) is 33.6 Å². The van der Waals surface area contributed by atoms with Crippen molar-refractivity contribution in [3.05, 3.63) is 29.6 Å². The molecule has 1 aromatic rings. The number of aromatic nitrogens is 1. The highest BCUT2D eigenvalue weighted by Crippen LogP contribution is 2.30. The Morgan fingerprint density at radius 3 is 2.63 bits per heavy atom. The Morgan fingerprint density at radius 1 is 1.17 bits per heavy atom. The molecule has 7 heteroatoms. The van der Waals surface area contributed by atoms with Gasteiger partial charge in [0, 0.05) is 37.9 Å². The molecular weight excluding hydrogens is 380 g/mol. The minimum Gasteiger partial charge on any atom is -0.444 e. The van der Waals surface area contributed by atoms with Gasteiger partial charge in [0.05, 0.1) is 0 Å². The molecule has 0 radical (unpaired) electrons. The smallest absolute Gasteiger partial charge is 0.407 e. The zero-order chi connectivity index (χ0) is 22.0. The fourth-order valence-electron chi connectivity index (χ4n) is 3.68. The molecule has 1 aliphatic rings. The normalized spacial score (nSPS) is 17.0. The van der Waals surface area contributed by atoms with Crippen molar-refractivity contribution in [2.75, 3.05) is 26.7 Å². The SMILES string of the molecule is CN1CCCC1c1cncc(CCCNC(=O)CCCCNC(=O)OC(C)(C)C)c1. The fraction of sp³-hybridized carbons (Fsp3) is 0.696. The van der Waals surface area contributed by atoms with E-state index >= 15 is 0 Å². The quantitative estimate of drug-likeness (QED) is 0.567. The van der Waals surface area contributed by atoms with Crippen molar-refractivity contribution in [1.29, 1.82) is 0 Å². The highest BCUT2D eigenvalue weighted by Gasteiger charge is 2.22. The molecule has 2 rings (SSSR count). The lowest BCUT2D eigenvalue weighted by Crippen LogP contribution is -2.33. The van der Waals surface area contributed by atoms with Crippen LogP contribution in [0.1, 0.15) is 76.5 Å². The van der Waals surface area contributed by atoms with E-state index in [1.165, 1.54) is 24.0 Å². The van der Waals surface area contributed by atoms with Crippen LogP contribution in [0.25, 0.3) is 0 Å². The Morgan fingerprint density at radius 2 is 1.93 bits per heavy atom. The predicted molar refractivity (Wildman–Crippen MR) is 118 cm³/mol. The van der Waals surface area contributed by atoms with E-state index in [1.807, 2.05) is 33.2 Å². The summed E-state index contributed by atoms with van der Waals surface area (Å²) >= 11 is 0. The molecule has 1 unspecified atom stereocenters. The second-order valence-corrected chi connectivity index (χ2v) is 9.10. The molecule has 1 fully saturated rings. The van der Waals surface area contributed by atoms with Gasteiger partial charge in [-0.2, -0.15) is 0 Å². The maximum atomic E-state index is 12.0. The Hall–Kier alpha value is -2.15. The number of amides is 2. The van der Waals surface area contributed by atoms with Crippen molar-refractivity contribution in [2.24, 2.45) is 0 Å². The fourth-order valence-corrected chi connectivity index (χ4v) is 3.68. The number of alkyl carbamates (subject to hydrolysis) is 1. The number of unbranched alkanes of at least 4 members (excludes halogenated alkanes) is 1. The number of ether oxygens (including phenoxy) is 1. The average Bonchev–Trinajstić information content (AvgIpc) is 3.10. The largest absolute Gasteiger partial charge is 0.444 e. The van der Waals surface area contributed by atoms with Crippen molar-refractivity contribution < 1.29 is 14.3 Å².